The quantitative estimate of drug-likeness (QED) is 0.855. The first-order valence-electron chi connectivity index (χ1n) is 6.29. The second-order valence-corrected chi connectivity index (χ2v) is 6.41. The lowest BCUT2D eigenvalue weighted by Gasteiger charge is -2.18. The molecule has 0 aliphatic carbocycles. The van der Waals surface area contributed by atoms with Crippen LogP contribution in [0.5, 0.6) is 0 Å². The van der Waals surface area contributed by atoms with Gasteiger partial charge in [0.05, 0.1) is 5.39 Å². The fourth-order valence-electron chi connectivity index (χ4n) is 2.57. The van der Waals surface area contributed by atoms with Crippen LogP contribution >= 0.6 is 11.3 Å². The van der Waals surface area contributed by atoms with Crippen molar-refractivity contribution in [1.82, 2.24) is 9.97 Å². The average Bonchev–Trinajstić information content (AvgIpc) is 2.82. The van der Waals surface area contributed by atoms with Gasteiger partial charge in [-0.3, -0.25) is 0 Å². The largest absolute Gasteiger partial charge is 0.354 e. The van der Waals surface area contributed by atoms with Gasteiger partial charge < -0.3 is 10.6 Å². The molecule has 2 unspecified atom stereocenters. The van der Waals surface area contributed by atoms with Gasteiger partial charge >= 0.3 is 0 Å². The molecule has 18 heavy (non-hydrogen) atoms. The number of nitrogens with zero attached hydrogens (tertiary/aromatic N) is 3. The number of aryl methyl sites for hydroxylation is 2. The lowest BCUT2D eigenvalue weighted by Crippen LogP contribution is -2.28. The third-order valence-corrected chi connectivity index (χ3v) is 5.03. The highest BCUT2D eigenvalue weighted by molar-refractivity contribution is 7.18. The van der Waals surface area contributed by atoms with Crippen LogP contribution in [-0.2, 0) is 0 Å². The summed E-state index contributed by atoms with van der Waals surface area (Å²) in [7, 11) is 0. The Hall–Kier alpha value is -1.20. The van der Waals surface area contributed by atoms with Crippen molar-refractivity contribution in [2.75, 3.05) is 18.0 Å². The molecule has 3 heterocycles. The Balaban J connectivity index is 2.12. The molecule has 96 valence electrons. The molecular weight excluding hydrogens is 244 g/mol. The Morgan fingerprint density at radius 1 is 1.33 bits per heavy atom. The monoisotopic (exact) mass is 262 g/mol. The van der Waals surface area contributed by atoms with Gasteiger partial charge in [-0.05, 0) is 25.3 Å². The molecule has 1 aliphatic rings. The lowest BCUT2D eigenvalue weighted by atomic mass is 10.1. The van der Waals surface area contributed by atoms with Gasteiger partial charge in [-0.2, -0.15) is 0 Å². The highest BCUT2D eigenvalue weighted by atomic mass is 32.1. The Morgan fingerprint density at radius 2 is 2.11 bits per heavy atom. The van der Waals surface area contributed by atoms with E-state index in [9.17, 15) is 0 Å². The van der Waals surface area contributed by atoms with E-state index in [0.29, 0.717) is 5.92 Å². The number of hydrogen-bond acceptors (Lipinski definition) is 5. The van der Waals surface area contributed by atoms with Crippen LogP contribution in [-0.4, -0.2) is 29.1 Å². The van der Waals surface area contributed by atoms with E-state index < -0.39 is 0 Å². The van der Waals surface area contributed by atoms with Crippen molar-refractivity contribution in [1.29, 1.82) is 0 Å². The predicted molar refractivity (Wildman–Crippen MR) is 76.2 cm³/mol. The van der Waals surface area contributed by atoms with Gasteiger partial charge in [-0.25, -0.2) is 9.97 Å². The number of anilines is 1. The number of nitrogens with two attached hydrogens (primary N) is 1. The maximum Gasteiger partial charge on any atom is 0.141 e. The summed E-state index contributed by atoms with van der Waals surface area (Å²) in [5.74, 6) is 1.58. The highest BCUT2D eigenvalue weighted by Gasteiger charge is 2.29. The molecule has 1 saturated heterocycles. The minimum absolute atomic E-state index is 0.245. The van der Waals surface area contributed by atoms with E-state index in [4.69, 9.17) is 5.73 Å². The Morgan fingerprint density at radius 3 is 2.78 bits per heavy atom. The molecule has 4 nitrogen and oxygen atoms in total. The van der Waals surface area contributed by atoms with Gasteiger partial charge in [-0.1, -0.05) is 6.92 Å². The second-order valence-electron chi connectivity index (χ2n) is 5.21. The molecule has 0 spiro atoms. The number of hydrogen-bond donors (Lipinski definition) is 1. The molecule has 2 N–H and O–H groups in total. The van der Waals surface area contributed by atoms with Gasteiger partial charge in [0, 0.05) is 24.0 Å². The molecule has 0 amide bonds. The Bertz CT molecular complexity index is 582. The molecule has 0 aromatic carbocycles. The highest BCUT2D eigenvalue weighted by Crippen LogP contribution is 2.35. The summed E-state index contributed by atoms with van der Waals surface area (Å²) < 4.78 is 0. The van der Waals surface area contributed by atoms with E-state index in [-0.39, 0.29) is 6.04 Å². The van der Waals surface area contributed by atoms with Crippen molar-refractivity contribution in [3.8, 4) is 0 Å². The maximum absolute atomic E-state index is 6.11. The summed E-state index contributed by atoms with van der Waals surface area (Å²) in [5, 5.41) is 1.21. The van der Waals surface area contributed by atoms with Crippen LogP contribution in [0.3, 0.4) is 0 Å². The number of thiophene rings is 1. The van der Waals surface area contributed by atoms with Crippen molar-refractivity contribution < 1.29 is 0 Å². The van der Waals surface area contributed by atoms with Crippen LogP contribution < -0.4 is 10.6 Å². The summed E-state index contributed by atoms with van der Waals surface area (Å²) in [5.41, 5.74) is 7.42. The zero-order valence-corrected chi connectivity index (χ0v) is 11.8. The van der Waals surface area contributed by atoms with Crippen molar-refractivity contribution in [3.05, 3.63) is 16.8 Å². The van der Waals surface area contributed by atoms with Gasteiger partial charge in [-0.15, -0.1) is 11.3 Å². The molecule has 5 heteroatoms. The van der Waals surface area contributed by atoms with Crippen molar-refractivity contribution in [2.24, 2.45) is 11.7 Å². The standard InChI is InChI=1S/C13H18N4S/c1-7-4-17(5-10(7)14)12-11-8(2)9(3)18-13(11)16-6-15-12/h6-7,10H,4-5,14H2,1-3H3. The average molecular weight is 262 g/mol. The summed E-state index contributed by atoms with van der Waals surface area (Å²) in [4.78, 5) is 13.6. The van der Waals surface area contributed by atoms with E-state index in [1.54, 1.807) is 17.7 Å². The van der Waals surface area contributed by atoms with Crippen LogP contribution in [0, 0.1) is 19.8 Å². The van der Waals surface area contributed by atoms with Crippen molar-refractivity contribution in [2.45, 2.75) is 26.8 Å². The van der Waals surface area contributed by atoms with Crippen molar-refractivity contribution in [3.63, 3.8) is 0 Å². The van der Waals surface area contributed by atoms with E-state index >= 15 is 0 Å². The van der Waals surface area contributed by atoms with Crippen molar-refractivity contribution >= 4 is 27.4 Å². The Kier molecular flexibility index (Phi) is 2.75. The van der Waals surface area contributed by atoms with Gasteiger partial charge in [0.2, 0.25) is 0 Å². The summed E-state index contributed by atoms with van der Waals surface area (Å²) in [6.07, 6.45) is 1.67. The zero-order valence-electron chi connectivity index (χ0n) is 11.0. The number of rotatable bonds is 1. The summed E-state index contributed by atoms with van der Waals surface area (Å²) >= 11 is 1.74. The predicted octanol–water partition coefficient (Wildman–Crippen LogP) is 2.09. The van der Waals surface area contributed by atoms with Crippen LogP contribution in [0.15, 0.2) is 6.33 Å². The third-order valence-electron chi connectivity index (χ3n) is 3.92. The molecule has 2 aromatic rings. The van der Waals surface area contributed by atoms with Gasteiger partial charge in [0.1, 0.15) is 17.0 Å². The first-order valence-corrected chi connectivity index (χ1v) is 7.10. The number of aromatic nitrogens is 2. The van der Waals surface area contributed by atoms with Crippen LogP contribution in [0.2, 0.25) is 0 Å². The fourth-order valence-corrected chi connectivity index (χ4v) is 3.56. The molecule has 1 fully saturated rings. The molecule has 0 bridgehead atoms. The van der Waals surface area contributed by atoms with E-state index in [0.717, 1.165) is 23.7 Å². The van der Waals surface area contributed by atoms with E-state index in [1.165, 1.54) is 15.8 Å². The summed E-state index contributed by atoms with van der Waals surface area (Å²) in [6.45, 7) is 8.38. The summed E-state index contributed by atoms with van der Waals surface area (Å²) in [6, 6.07) is 0.245. The van der Waals surface area contributed by atoms with Crippen LogP contribution in [0.4, 0.5) is 5.82 Å². The maximum atomic E-state index is 6.11. The normalized spacial score (nSPS) is 24.1. The first kappa shape index (κ1) is 11.9. The molecule has 3 rings (SSSR count). The van der Waals surface area contributed by atoms with Gasteiger partial charge in [0.15, 0.2) is 0 Å². The van der Waals surface area contributed by atoms with Gasteiger partial charge in [0.25, 0.3) is 0 Å². The molecule has 0 radical (unpaired) electrons. The minimum Gasteiger partial charge on any atom is -0.354 e. The fraction of sp³-hybridized carbons (Fsp3) is 0.538. The molecule has 2 aromatic heterocycles. The second kappa shape index (κ2) is 4.17. The SMILES string of the molecule is Cc1sc2ncnc(N3CC(C)C(N)C3)c2c1C. The van der Waals surface area contributed by atoms with E-state index in [1.807, 2.05) is 0 Å². The molecule has 2 atom stereocenters. The smallest absolute Gasteiger partial charge is 0.141 e. The first-order chi connectivity index (χ1) is 8.58. The zero-order chi connectivity index (χ0) is 12.9. The van der Waals surface area contributed by atoms with Crippen LogP contribution in [0.25, 0.3) is 10.2 Å². The number of fused-ring (bicyclic) bond motifs is 1. The molecule has 1 aliphatic heterocycles. The minimum atomic E-state index is 0.245. The Labute approximate surface area is 111 Å². The van der Waals surface area contributed by atoms with Crippen LogP contribution in [0.1, 0.15) is 17.4 Å². The third kappa shape index (κ3) is 1.69. The van der Waals surface area contributed by atoms with E-state index in [2.05, 4.69) is 35.6 Å². The molecule has 0 saturated carbocycles. The lowest BCUT2D eigenvalue weighted by molar-refractivity contribution is 0.566. The molecular formula is C13H18N4S. The topological polar surface area (TPSA) is 55.0 Å².